The van der Waals surface area contributed by atoms with E-state index in [4.69, 9.17) is 4.42 Å². The highest BCUT2D eigenvalue weighted by molar-refractivity contribution is 9.10. The van der Waals surface area contributed by atoms with Gasteiger partial charge >= 0.3 is 0 Å². The lowest BCUT2D eigenvalue weighted by atomic mass is 10.1. The van der Waals surface area contributed by atoms with Crippen LogP contribution in [0, 0.1) is 0 Å². The number of fused-ring (bicyclic) bond motifs is 1. The molecular formula is C15H13BrN2O2. The average molecular weight is 333 g/mol. The SMILES string of the molecule is O=C(NCCc1ccc2[nH]ccc2c1)c1ccc(Br)o1. The summed E-state index contributed by atoms with van der Waals surface area (Å²) in [6, 6.07) is 11.6. The van der Waals surface area contributed by atoms with Crippen molar-refractivity contribution in [3.63, 3.8) is 0 Å². The molecule has 0 aliphatic carbocycles. The molecule has 4 nitrogen and oxygen atoms in total. The summed E-state index contributed by atoms with van der Waals surface area (Å²) in [6.07, 6.45) is 2.71. The molecule has 2 heterocycles. The second-order valence-corrected chi connectivity index (χ2v) is 5.29. The Bertz CT molecular complexity index is 745. The summed E-state index contributed by atoms with van der Waals surface area (Å²) in [7, 11) is 0. The highest BCUT2D eigenvalue weighted by Crippen LogP contribution is 2.15. The van der Waals surface area contributed by atoms with Gasteiger partial charge in [-0.05, 0) is 63.6 Å². The van der Waals surface area contributed by atoms with Gasteiger partial charge in [-0.15, -0.1) is 0 Å². The molecule has 1 amide bonds. The van der Waals surface area contributed by atoms with Crippen molar-refractivity contribution < 1.29 is 9.21 Å². The smallest absolute Gasteiger partial charge is 0.287 e. The maximum Gasteiger partial charge on any atom is 0.287 e. The van der Waals surface area contributed by atoms with E-state index >= 15 is 0 Å². The van der Waals surface area contributed by atoms with E-state index in [1.54, 1.807) is 12.1 Å². The summed E-state index contributed by atoms with van der Waals surface area (Å²) in [5.41, 5.74) is 2.32. The molecule has 0 bridgehead atoms. The molecule has 0 fully saturated rings. The fraction of sp³-hybridized carbons (Fsp3) is 0.133. The third kappa shape index (κ3) is 2.77. The first-order valence-corrected chi connectivity index (χ1v) is 7.11. The average Bonchev–Trinajstić information content (AvgIpc) is 3.06. The normalized spacial score (nSPS) is 10.8. The molecule has 2 aromatic heterocycles. The van der Waals surface area contributed by atoms with Crippen LogP contribution in [0.2, 0.25) is 0 Å². The first kappa shape index (κ1) is 13.0. The Balaban J connectivity index is 1.58. The van der Waals surface area contributed by atoms with Gasteiger partial charge in [0.1, 0.15) is 0 Å². The van der Waals surface area contributed by atoms with Gasteiger partial charge in [-0.3, -0.25) is 4.79 Å². The van der Waals surface area contributed by atoms with E-state index in [9.17, 15) is 4.79 Å². The molecular weight excluding hydrogens is 320 g/mol. The Hall–Kier alpha value is -2.01. The molecule has 0 saturated carbocycles. The van der Waals surface area contributed by atoms with Crippen molar-refractivity contribution in [1.29, 1.82) is 0 Å². The third-order valence-electron chi connectivity index (χ3n) is 3.11. The number of nitrogens with one attached hydrogen (secondary N) is 2. The van der Waals surface area contributed by atoms with Gasteiger partial charge in [0, 0.05) is 18.3 Å². The summed E-state index contributed by atoms with van der Waals surface area (Å²) < 4.78 is 5.75. The predicted octanol–water partition coefficient (Wildman–Crippen LogP) is 3.50. The molecule has 0 unspecified atom stereocenters. The molecule has 20 heavy (non-hydrogen) atoms. The van der Waals surface area contributed by atoms with Crippen LogP contribution in [0.15, 0.2) is 51.7 Å². The van der Waals surface area contributed by atoms with Crippen LogP contribution in [0.4, 0.5) is 0 Å². The minimum atomic E-state index is -0.196. The largest absolute Gasteiger partial charge is 0.444 e. The van der Waals surface area contributed by atoms with Crippen LogP contribution >= 0.6 is 15.9 Å². The first-order valence-electron chi connectivity index (χ1n) is 6.32. The third-order valence-corrected chi connectivity index (χ3v) is 3.54. The number of aromatic nitrogens is 1. The van der Waals surface area contributed by atoms with Gasteiger partial charge in [-0.25, -0.2) is 0 Å². The van der Waals surface area contributed by atoms with Crippen LogP contribution in [-0.2, 0) is 6.42 Å². The van der Waals surface area contributed by atoms with E-state index in [2.05, 4.69) is 44.4 Å². The Morgan fingerprint density at radius 2 is 2.15 bits per heavy atom. The number of halogens is 1. The van der Waals surface area contributed by atoms with E-state index in [-0.39, 0.29) is 5.91 Å². The lowest BCUT2D eigenvalue weighted by Crippen LogP contribution is -2.25. The van der Waals surface area contributed by atoms with Crippen LogP contribution in [0.25, 0.3) is 10.9 Å². The highest BCUT2D eigenvalue weighted by Gasteiger charge is 2.09. The summed E-state index contributed by atoms with van der Waals surface area (Å²) in [5.74, 6) is 0.122. The van der Waals surface area contributed by atoms with Crippen LogP contribution in [-0.4, -0.2) is 17.4 Å². The number of rotatable bonds is 4. The van der Waals surface area contributed by atoms with Gasteiger partial charge in [-0.1, -0.05) is 6.07 Å². The summed E-state index contributed by atoms with van der Waals surface area (Å²) >= 11 is 3.17. The molecule has 0 saturated heterocycles. The molecule has 102 valence electrons. The number of hydrogen-bond donors (Lipinski definition) is 2. The molecule has 0 aliphatic rings. The van der Waals surface area contributed by atoms with Crippen LogP contribution in [0.5, 0.6) is 0 Å². The Kier molecular flexibility index (Phi) is 3.60. The second-order valence-electron chi connectivity index (χ2n) is 4.51. The first-order chi connectivity index (χ1) is 9.72. The van der Waals surface area contributed by atoms with E-state index < -0.39 is 0 Å². The van der Waals surface area contributed by atoms with E-state index in [0.717, 1.165) is 11.9 Å². The fourth-order valence-electron chi connectivity index (χ4n) is 2.10. The van der Waals surface area contributed by atoms with Crippen molar-refractivity contribution in [2.45, 2.75) is 6.42 Å². The number of aromatic amines is 1. The maximum atomic E-state index is 11.8. The van der Waals surface area contributed by atoms with E-state index in [0.29, 0.717) is 17.0 Å². The predicted molar refractivity (Wildman–Crippen MR) is 80.7 cm³/mol. The Morgan fingerprint density at radius 3 is 2.95 bits per heavy atom. The molecule has 5 heteroatoms. The topological polar surface area (TPSA) is 58.0 Å². The number of hydrogen-bond acceptors (Lipinski definition) is 2. The number of carbonyl (C=O) groups is 1. The number of amides is 1. The molecule has 0 spiro atoms. The molecule has 2 N–H and O–H groups in total. The quantitative estimate of drug-likeness (QED) is 0.768. The zero-order valence-corrected chi connectivity index (χ0v) is 12.2. The van der Waals surface area contributed by atoms with Crippen LogP contribution in [0.1, 0.15) is 16.1 Å². The number of H-pyrrole nitrogens is 1. The van der Waals surface area contributed by atoms with Crippen molar-refractivity contribution in [2.24, 2.45) is 0 Å². The maximum absolute atomic E-state index is 11.8. The molecule has 1 aromatic carbocycles. The van der Waals surface area contributed by atoms with Crippen molar-refractivity contribution in [3.8, 4) is 0 Å². The molecule has 0 atom stereocenters. The van der Waals surface area contributed by atoms with Crippen molar-refractivity contribution in [3.05, 3.63) is 58.6 Å². The lowest BCUT2D eigenvalue weighted by Gasteiger charge is -2.04. The zero-order chi connectivity index (χ0) is 13.9. The van der Waals surface area contributed by atoms with Gasteiger partial charge in [0.15, 0.2) is 10.4 Å². The van der Waals surface area contributed by atoms with Crippen molar-refractivity contribution in [1.82, 2.24) is 10.3 Å². The van der Waals surface area contributed by atoms with Gasteiger partial charge in [-0.2, -0.15) is 0 Å². The van der Waals surface area contributed by atoms with E-state index in [1.807, 2.05) is 12.3 Å². The fourth-order valence-corrected chi connectivity index (χ4v) is 2.41. The monoisotopic (exact) mass is 332 g/mol. The molecule has 3 rings (SSSR count). The number of benzene rings is 1. The summed E-state index contributed by atoms with van der Waals surface area (Å²) in [6.45, 7) is 0.576. The van der Waals surface area contributed by atoms with E-state index in [1.165, 1.54) is 10.9 Å². The minimum absolute atomic E-state index is 0.196. The van der Waals surface area contributed by atoms with Crippen LogP contribution < -0.4 is 5.32 Å². The summed E-state index contributed by atoms with van der Waals surface area (Å²) in [5, 5.41) is 4.03. The van der Waals surface area contributed by atoms with Gasteiger partial charge in [0.25, 0.3) is 5.91 Å². The van der Waals surface area contributed by atoms with Crippen molar-refractivity contribution in [2.75, 3.05) is 6.54 Å². The standard InChI is InChI=1S/C15H13BrN2O2/c16-14-4-3-13(20-14)15(19)18-7-5-10-1-2-12-11(9-10)6-8-17-12/h1-4,6,8-9,17H,5,7H2,(H,18,19). The number of furan rings is 1. The lowest BCUT2D eigenvalue weighted by molar-refractivity contribution is 0.0925. The molecule has 0 aliphatic heterocycles. The Morgan fingerprint density at radius 1 is 1.25 bits per heavy atom. The molecule has 3 aromatic rings. The minimum Gasteiger partial charge on any atom is -0.444 e. The van der Waals surface area contributed by atoms with Gasteiger partial charge < -0.3 is 14.7 Å². The van der Waals surface area contributed by atoms with Gasteiger partial charge in [0.05, 0.1) is 0 Å². The molecule has 0 radical (unpaired) electrons. The number of carbonyl (C=O) groups excluding carboxylic acids is 1. The van der Waals surface area contributed by atoms with Gasteiger partial charge in [0.2, 0.25) is 0 Å². The van der Waals surface area contributed by atoms with Crippen LogP contribution in [0.3, 0.4) is 0 Å². The Labute approximate surface area is 124 Å². The van der Waals surface area contributed by atoms with Crippen molar-refractivity contribution >= 4 is 32.7 Å². The zero-order valence-electron chi connectivity index (χ0n) is 10.7. The highest BCUT2D eigenvalue weighted by atomic mass is 79.9. The summed E-state index contributed by atoms with van der Waals surface area (Å²) in [4.78, 5) is 14.9. The second kappa shape index (κ2) is 5.54.